The Balaban J connectivity index is 2.29. The molecule has 122 valence electrons. The highest BCUT2D eigenvalue weighted by Gasteiger charge is 2.22. The molecule has 0 saturated heterocycles. The average Bonchev–Trinajstić information content (AvgIpc) is 2.45. The van der Waals surface area contributed by atoms with Crippen molar-refractivity contribution in [2.45, 2.75) is 18.4 Å². The first-order chi connectivity index (χ1) is 10.7. The molecule has 0 amide bonds. The van der Waals surface area contributed by atoms with E-state index in [2.05, 4.69) is 21.2 Å². The van der Waals surface area contributed by atoms with E-state index in [1.54, 1.807) is 0 Å². The van der Waals surface area contributed by atoms with Crippen LogP contribution in [0.2, 0.25) is 0 Å². The van der Waals surface area contributed by atoms with E-state index >= 15 is 0 Å². The highest BCUT2D eigenvalue weighted by molar-refractivity contribution is 9.10. The molecule has 0 saturated carbocycles. The topological polar surface area (TPSA) is 89.3 Å². The maximum atomic E-state index is 11.7. The van der Waals surface area contributed by atoms with Gasteiger partial charge in [-0.2, -0.15) is 0 Å². The van der Waals surface area contributed by atoms with Crippen LogP contribution in [0.3, 0.4) is 0 Å². The van der Waals surface area contributed by atoms with Crippen LogP contribution in [0.1, 0.15) is 11.1 Å². The fourth-order valence-electron chi connectivity index (χ4n) is 2.13. The minimum atomic E-state index is -3.69. The van der Waals surface area contributed by atoms with Crippen molar-refractivity contribution in [3.8, 4) is 0 Å². The predicted molar refractivity (Wildman–Crippen MR) is 92.4 cm³/mol. The molecule has 0 aliphatic carbocycles. The first-order valence-corrected chi connectivity index (χ1v) is 9.34. The average molecular weight is 399 g/mol. The molecule has 0 heterocycles. The molecule has 0 aliphatic rings. The number of hydrogen-bond acceptors (Lipinski definition) is 5. The molecule has 0 unspecified atom stereocenters. The lowest BCUT2D eigenvalue weighted by atomic mass is 10.1. The van der Waals surface area contributed by atoms with Crippen molar-refractivity contribution in [2.24, 2.45) is 0 Å². The normalized spacial score (nSPS) is 11.3. The van der Waals surface area contributed by atoms with E-state index in [0.29, 0.717) is 12.2 Å². The van der Waals surface area contributed by atoms with E-state index in [0.717, 1.165) is 21.9 Å². The summed E-state index contributed by atoms with van der Waals surface area (Å²) in [6.07, 6.45) is 0.956. The van der Waals surface area contributed by atoms with Crippen LogP contribution < -0.4 is 5.32 Å². The van der Waals surface area contributed by atoms with Crippen LogP contribution in [0.4, 0.5) is 11.4 Å². The number of nitrogens with zero attached hydrogens (tertiary/aromatic N) is 1. The van der Waals surface area contributed by atoms with Crippen molar-refractivity contribution >= 4 is 37.1 Å². The lowest BCUT2D eigenvalue weighted by Crippen LogP contribution is -2.06. The molecule has 0 aliphatic heterocycles. The Kier molecular flexibility index (Phi) is 5.06. The summed E-state index contributed by atoms with van der Waals surface area (Å²) in [5.74, 6) is 0. The standard InChI is InChI=1S/C15H15BrN2O4S/c1-10-7-12(16)4-3-11(10)9-17-13-5-6-14(18(19)20)15(8-13)23(2,21)22/h3-8,17H,9H2,1-2H3. The van der Waals surface area contributed by atoms with Gasteiger partial charge in [0.15, 0.2) is 9.84 Å². The summed E-state index contributed by atoms with van der Waals surface area (Å²) in [7, 11) is -3.69. The summed E-state index contributed by atoms with van der Waals surface area (Å²) in [5, 5.41) is 14.0. The quantitative estimate of drug-likeness (QED) is 0.612. The lowest BCUT2D eigenvalue weighted by molar-refractivity contribution is -0.387. The monoisotopic (exact) mass is 398 g/mol. The maximum absolute atomic E-state index is 11.7. The fraction of sp³-hybridized carbons (Fsp3) is 0.200. The maximum Gasteiger partial charge on any atom is 0.288 e. The van der Waals surface area contributed by atoms with Gasteiger partial charge >= 0.3 is 0 Å². The molecule has 1 N–H and O–H groups in total. The lowest BCUT2D eigenvalue weighted by Gasteiger charge is -2.10. The molecule has 0 radical (unpaired) electrons. The largest absolute Gasteiger partial charge is 0.381 e. The van der Waals surface area contributed by atoms with Gasteiger partial charge in [-0.25, -0.2) is 8.42 Å². The number of rotatable bonds is 5. The molecular weight excluding hydrogens is 384 g/mol. The molecule has 2 rings (SSSR count). The van der Waals surface area contributed by atoms with E-state index in [1.807, 2.05) is 25.1 Å². The Bertz CT molecular complexity index is 866. The Labute approximate surface area is 142 Å². The van der Waals surface area contributed by atoms with Crippen LogP contribution in [0.15, 0.2) is 45.8 Å². The van der Waals surface area contributed by atoms with E-state index in [9.17, 15) is 18.5 Å². The van der Waals surface area contributed by atoms with Gasteiger partial charge in [-0.3, -0.25) is 10.1 Å². The molecule has 0 bridgehead atoms. The number of aryl methyl sites for hydroxylation is 1. The number of benzene rings is 2. The van der Waals surface area contributed by atoms with Gasteiger partial charge in [0.05, 0.1) is 4.92 Å². The van der Waals surface area contributed by atoms with Crippen molar-refractivity contribution in [3.63, 3.8) is 0 Å². The van der Waals surface area contributed by atoms with Gasteiger partial charge in [-0.1, -0.05) is 22.0 Å². The van der Waals surface area contributed by atoms with Gasteiger partial charge in [0.2, 0.25) is 0 Å². The molecule has 0 fully saturated rings. The van der Waals surface area contributed by atoms with Crippen LogP contribution >= 0.6 is 15.9 Å². The number of sulfone groups is 1. The fourth-order valence-corrected chi connectivity index (χ4v) is 3.47. The predicted octanol–water partition coefficient (Wildman–Crippen LogP) is 3.68. The second kappa shape index (κ2) is 6.67. The summed E-state index contributed by atoms with van der Waals surface area (Å²) < 4.78 is 24.5. The van der Waals surface area contributed by atoms with E-state index in [1.165, 1.54) is 18.2 Å². The van der Waals surface area contributed by atoms with Crippen LogP contribution in [0.5, 0.6) is 0 Å². The number of nitro groups is 1. The van der Waals surface area contributed by atoms with Crippen LogP contribution in [0, 0.1) is 17.0 Å². The molecule has 6 nitrogen and oxygen atoms in total. The van der Waals surface area contributed by atoms with Crippen LogP contribution in [0.25, 0.3) is 0 Å². The van der Waals surface area contributed by atoms with Crippen LogP contribution in [-0.2, 0) is 16.4 Å². The van der Waals surface area contributed by atoms with Crippen molar-refractivity contribution in [1.82, 2.24) is 0 Å². The minimum Gasteiger partial charge on any atom is -0.381 e. The van der Waals surface area contributed by atoms with Gasteiger partial charge < -0.3 is 5.32 Å². The third-order valence-corrected chi connectivity index (χ3v) is 4.96. The number of hydrogen-bond donors (Lipinski definition) is 1. The number of nitro benzene ring substituents is 1. The van der Waals surface area contributed by atoms with Crippen molar-refractivity contribution in [3.05, 3.63) is 62.1 Å². The zero-order valence-electron chi connectivity index (χ0n) is 12.5. The third-order valence-electron chi connectivity index (χ3n) is 3.34. The van der Waals surface area contributed by atoms with Gasteiger partial charge in [0.25, 0.3) is 5.69 Å². The third kappa shape index (κ3) is 4.29. The molecule has 0 atom stereocenters. The molecule has 8 heteroatoms. The van der Waals surface area contributed by atoms with Gasteiger partial charge in [-0.05, 0) is 42.3 Å². The summed E-state index contributed by atoms with van der Waals surface area (Å²) in [4.78, 5) is 9.96. The second-order valence-corrected chi connectivity index (χ2v) is 8.04. The molecule has 0 spiro atoms. The zero-order valence-corrected chi connectivity index (χ0v) is 14.9. The highest BCUT2D eigenvalue weighted by Crippen LogP contribution is 2.27. The SMILES string of the molecule is Cc1cc(Br)ccc1CNc1ccc([N+](=O)[O-])c(S(C)(=O)=O)c1. The Hall–Kier alpha value is -1.93. The first-order valence-electron chi connectivity index (χ1n) is 6.66. The Morgan fingerprint density at radius 2 is 1.91 bits per heavy atom. The molecular formula is C15H15BrN2O4S. The van der Waals surface area contributed by atoms with Crippen molar-refractivity contribution < 1.29 is 13.3 Å². The van der Waals surface area contributed by atoms with E-state index < -0.39 is 20.4 Å². The number of nitrogens with one attached hydrogen (secondary N) is 1. The minimum absolute atomic E-state index is 0.292. The zero-order chi connectivity index (χ0) is 17.2. The van der Waals surface area contributed by atoms with E-state index in [-0.39, 0.29) is 4.90 Å². The van der Waals surface area contributed by atoms with Crippen molar-refractivity contribution in [2.75, 3.05) is 11.6 Å². The molecule has 0 aromatic heterocycles. The van der Waals surface area contributed by atoms with Crippen LogP contribution in [-0.4, -0.2) is 19.6 Å². The number of halogens is 1. The second-order valence-electron chi connectivity index (χ2n) is 5.14. The van der Waals surface area contributed by atoms with Gasteiger partial charge in [0.1, 0.15) is 4.90 Å². The Morgan fingerprint density at radius 3 is 2.48 bits per heavy atom. The van der Waals surface area contributed by atoms with Crippen molar-refractivity contribution in [1.29, 1.82) is 0 Å². The summed E-state index contributed by atoms with van der Waals surface area (Å²) in [6, 6.07) is 9.85. The summed E-state index contributed by atoms with van der Waals surface area (Å²) in [5.41, 5.74) is 2.22. The van der Waals surface area contributed by atoms with Gasteiger partial charge in [-0.15, -0.1) is 0 Å². The molecule has 2 aromatic carbocycles. The molecule has 2 aromatic rings. The molecule has 23 heavy (non-hydrogen) atoms. The summed E-state index contributed by atoms with van der Waals surface area (Å²) in [6.45, 7) is 2.46. The van der Waals surface area contributed by atoms with E-state index in [4.69, 9.17) is 0 Å². The van der Waals surface area contributed by atoms with Gasteiger partial charge in [0, 0.05) is 29.0 Å². The highest BCUT2D eigenvalue weighted by atomic mass is 79.9. The first kappa shape index (κ1) is 17.4. The smallest absolute Gasteiger partial charge is 0.288 e. The summed E-state index contributed by atoms with van der Waals surface area (Å²) >= 11 is 3.39. The Morgan fingerprint density at radius 1 is 1.22 bits per heavy atom. The number of anilines is 1.